The zero-order chi connectivity index (χ0) is 13.7. The van der Waals surface area contributed by atoms with E-state index in [1.165, 1.54) is 0 Å². The van der Waals surface area contributed by atoms with E-state index in [0.29, 0.717) is 17.5 Å². The molecule has 96 valence electrons. The molecule has 0 saturated carbocycles. The monoisotopic (exact) mass is 255 g/mol. The minimum absolute atomic E-state index is 0.122. The zero-order valence-corrected chi connectivity index (χ0v) is 10.2. The number of rotatable bonds is 4. The second-order valence-corrected chi connectivity index (χ2v) is 4.03. The van der Waals surface area contributed by atoms with Gasteiger partial charge in [0.2, 0.25) is 0 Å². The van der Waals surface area contributed by atoms with Gasteiger partial charge in [0.25, 0.3) is 0 Å². The Hall–Kier alpha value is -2.62. The van der Waals surface area contributed by atoms with Crippen LogP contribution < -0.4 is 5.73 Å². The van der Waals surface area contributed by atoms with E-state index in [9.17, 15) is 9.59 Å². The number of nitrogens with two attached hydrogens (primary N) is 1. The first-order valence-corrected chi connectivity index (χ1v) is 5.76. The number of aldehydes is 1. The van der Waals surface area contributed by atoms with Crippen LogP contribution in [0.15, 0.2) is 48.5 Å². The highest BCUT2D eigenvalue weighted by Crippen LogP contribution is 2.11. The summed E-state index contributed by atoms with van der Waals surface area (Å²) >= 11 is 0. The number of anilines is 1. The molecule has 0 bridgehead atoms. The average Bonchev–Trinajstić information content (AvgIpc) is 2.45. The number of nitrogen functional groups attached to an aromatic ring is 1. The maximum Gasteiger partial charge on any atom is 0.339 e. The smallest absolute Gasteiger partial charge is 0.339 e. The second kappa shape index (κ2) is 5.82. The standard InChI is InChI=1S/C15H13NO3/c16-13-6-3-4-11(8-13)10-19-15(18)14-7-2-1-5-12(14)9-17/h1-9H,10,16H2. The summed E-state index contributed by atoms with van der Waals surface area (Å²) in [5.41, 5.74) is 7.64. The van der Waals surface area contributed by atoms with Gasteiger partial charge in [0, 0.05) is 11.3 Å². The second-order valence-electron chi connectivity index (χ2n) is 4.03. The Balaban J connectivity index is 2.07. The molecule has 0 fully saturated rings. The van der Waals surface area contributed by atoms with E-state index < -0.39 is 5.97 Å². The number of carbonyl (C=O) groups is 2. The predicted molar refractivity (Wildman–Crippen MR) is 71.8 cm³/mol. The molecule has 19 heavy (non-hydrogen) atoms. The minimum Gasteiger partial charge on any atom is -0.457 e. The van der Waals surface area contributed by atoms with E-state index in [-0.39, 0.29) is 12.2 Å². The molecule has 0 heterocycles. The van der Waals surface area contributed by atoms with Crippen molar-refractivity contribution in [2.24, 2.45) is 0 Å². The zero-order valence-electron chi connectivity index (χ0n) is 10.2. The number of carbonyl (C=O) groups excluding carboxylic acids is 2. The van der Waals surface area contributed by atoms with Gasteiger partial charge in [-0.3, -0.25) is 4.79 Å². The number of benzene rings is 2. The topological polar surface area (TPSA) is 69.4 Å². The van der Waals surface area contributed by atoms with Crippen LogP contribution >= 0.6 is 0 Å². The average molecular weight is 255 g/mol. The summed E-state index contributed by atoms with van der Waals surface area (Å²) in [6.45, 7) is 0.122. The molecular weight excluding hydrogens is 242 g/mol. The molecule has 0 aromatic heterocycles. The maximum atomic E-state index is 11.9. The Morgan fingerprint density at radius 1 is 1.16 bits per heavy atom. The molecule has 4 nitrogen and oxygen atoms in total. The van der Waals surface area contributed by atoms with Crippen molar-refractivity contribution < 1.29 is 14.3 Å². The van der Waals surface area contributed by atoms with Crippen LogP contribution in [0, 0.1) is 0 Å². The van der Waals surface area contributed by atoms with Gasteiger partial charge in [-0.2, -0.15) is 0 Å². The van der Waals surface area contributed by atoms with E-state index in [0.717, 1.165) is 5.56 Å². The SMILES string of the molecule is Nc1cccc(COC(=O)c2ccccc2C=O)c1. The molecular formula is C15H13NO3. The predicted octanol–water partition coefficient (Wildman–Crippen LogP) is 2.44. The van der Waals surface area contributed by atoms with Crippen LogP contribution in [0.1, 0.15) is 26.3 Å². The molecule has 0 aliphatic carbocycles. The minimum atomic E-state index is -0.523. The van der Waals surface area contributed by atoms with Gasteiger partial charge in [0.05, 0.1) is 5.56 Å². The van der Waals surface area contributed by atoms with Gasteiger partial charge in [-0.1, -0.05) is 30.3 Å². The van der Waals surface area contributed by atoms with Crippen molar-refractivity contribution in [1.82, 2.24) is 0 Å². The van der Waals surface area contributed by atoms with Crippen molar-refractivity contribution in [2.45, 2.75) is 6.61 Å². The molecule has 2 aromatic carbocycles. The van der Waals surface area contributed by atoms with Gasteiger partial charge in [-0.25, -0.2) is 4.79 Å². The first-order valence-electron chi connectivity index (χ1n) is 5.76. The normalized spacial score (nSPS) is 9.89. The van der Waals surface area contributed by atoms with Gasteiger partial charge in [-0.05, 0) is 23.8 Å². The summed E-state index contributed by atoms with van der Waals surface area (Å²) in [6.07, 6.45) is 0.636. The molecule has 0 saturated heterocycles. The molecule has 2 N–H and O–H groups in total. The van der Waals surface area contributed by atoms with Crippen LogP contribution in [0.2, 0.25) is 0 Å². The molecule has 4 heteroatoms. The van der Waals surface area contributed by atoms with Crippen LogP contribution in [0.3, 0.4) is 0 Å². The van der Waals surface area contributed by atoms with Gasteiger partial charge in [-0.15, -0.1) is 0 Å². The van der Waals surface area contributed by atoms with Crippen LogP contribution in [0.25, 0.3) is 0 Å². The molecule has 0 amide bonds. The molecule has 0 atom stereocenters. The van der Waals surface area contributed by atoms with E-state index in [2.05, 4.69) is 0 Å². The molecule has 0 radical (unpaired) electrons. The molecule has 0 aliphatic rings. The third-order valence-electron chi connectivity index (χ3n) is 2.63. The summed E-state index contributed by atoms with van der Waals surface area (Å²) in [5, 5.41) is 0. The summed E-state index contributed by atoms with van der Waals surface area (Å²) in [7, 11) is 0. The fraction of sp³-hybridized carbons (Fsp3) is 0.0667. The fourth-order valence-electron chi connectivity index (χ4n) is 1.70. The van der Waals surface area contributed by atoms with E-state index in [1.807, 2.05) is 6.07 Å². The van der Waals surface area contributed by atoms with Gasteiger partial charge in [0.1, 0.15) is 6.61 Å². The Morgan fingerprint density at radius 2 is 1.95 bits per heavy atom. The van der Waals surface area contributed by atoms with Crippen LogP contribution in [0.5, 0.6) is 0 Å². The summed E-state index contributed by atoms with van der Waals surface area (Å²) in [5.74, 6) is -0.523. The third kappa shape index (κ3) is 3.19. The van der Waals surface area contributed by atoms with Crippen molar-refractivity contribution in [3.05, 3.63) is 65.2 Å². The summed E-state index contributed by atoms with van der Waals surface area (Å²) in [6, 6.07) is 13.6. The number of hydrogen-bond acceptors (Lipinski definition) is 4. The highest BCUT2D eigenvalue weighted by molar-refractivity contribution is 5.98. The first kappa shape index (κ1) is 12.8. The Bertz CT molecular complexity index is 608. The van der Waals surface area contributed by atoms with Gasteiger partial charge < -0.3 is 10.5 Å². The summed E-state index contributed by atoms with van der Waals surface area (Å²) < 4.78 is 5.16. The number of ether oxygens (including phenoxy) is 1. The van der Waals surface area contributed by atoms with Crippen molar-refractivity contribution in [2.75, 3.05) is 5.73 Å². The molecule has 0 spiro atoms. The van der Waals surface area contributed by atoms with E-state index in [1.54, 1.807) is 42.5 Å². The molecule has 2 aromatic rings. The van der Waals surface area contributed by atoms with Crippen molar-refractivity contribution >= 4 is 17.9 Å². The van der Waals surface area contributed by atoms with Crippen LogP contribution in [-0.2, 0) is 11.3 Å². The largest absolute Gasteiger partial charge is 0.457 e. The van der Waals surface area contributed by atoms with E-state index in [4.69, 9.17) is 10.5 Å². The Morgan fingerprint density at radius 3 is 2.68 bits per heavy atom. The van der Waals surface area contributed by atoms with Crippen LogP contribution in [-0.4, -0.2) is 12.3 Å². The molecule has 0 unspecified atom stereocenters. The van der Waals surface area contributed by atoms with E-state index >= 15 is 0 Å². The van der Waals surface area contributed by atoms with Crippen molar-refractivity contribution in [1.29, 1.82) is 0 Å². The van der Waals surface area contributed by atoms with Crippen molar-refractivity contribution in [3.63, 3.8) is 0 Å². The molecule has 0 aliphatic heterocycles. The van der Waals surface area contributed by atoms with Crippen LogP contribution in [0.4, 0.5) is 5.69 Å². The van der Waals surface area contributed by atoms with Gasteiger partial charge >= 0.3 is 5.97 Å². The maximum absolute atomic E-state index is 11.9. The lowest BCUT2D eigenvalue weighted by Gasteiger charge is -2.07. The lowest BCUT2D eigenvalue weighted by Crippen LogP contribution is -2.08. The Labute approximate surface area is 110 Å². The summed E-state index contributed by atoms with van der Waals surface area (Å²) in [4.78, 5) is 22.7. The van der Waals surface area contributed by atoms with Gasteiger partial charge in [0.15, 0.2) is 6.29 Å². The quantitative estimate of drug-likeness (QED) is 0.517. The Kier molecular flexibility index (Phi) is 3.93. The highest BCUT2D eigenvalue weighted by atomic mass is 16.5. The lowest BCUT2D eigenvalue weighted by molar-refractivity contribution is 0.0471. The lowest BCUT2D eigenvalue weighted by atomic mass is 10.1. The molecule has 2 rings (SSSR count). The number of hydrogen-bond donors (Lipinski definition) is 1. The number of esters is 1. The highest BCUT2D eigenvalue weighted by Gasteiger charge is 2.11. The van der Waals surface area contributed by atoms with Crippen molar-refractivity contribution in [3.8, 4) is 0 Å². The fourth-order valence-corrected chi connectivity index (χ4v) is 1.70. The first-order chi connectivity index (χ1) is 9.20. The third-order valence-corrected chi connectivity index (χ3v) is 2.63.